The molecule has 1 aromatic carbocycles. The normalized spacial score (nSPS) is 21.6. The molecule has 1 aliphatic heterocycles. The Kier molecular flexibility index (Phi) is 8.12. The Bertz CT molecular complexity index is 1130. The molecule has 1 saturated heterocycles. The quantitative estimate of drug-likeness (QED) is 0.446. The molecule has 0 amide bonds. The third kappa shape index (κ3) is 6.26. The number of nitrogens with zero attached hydrogens (tertiary/aromatic N) is 2. The molecule has 1 fully saturated rings. The van der Waals surface area contributed by atoms with E-state index in [4.69, 9.17) is 24.2 Å². The first-order valence-corrected chi connectivity index (χ1v) is 11.5. The average molecular weight is 485 g/mol. The highest BCUT2D eigenvalue weighted by molar-refractivity contribution is 7.99. The molecular weight excluding hydrogens is 460 g/mol. The summed E-state index contributed by atoms with van der Waals surface area (Å²) in [4.78, 5) is 39.3. The number of aryl methyl sites for hydroxylation is 1. The first kappa shape index (κ1) is 25.1. The van der Waals surface area contributed by atoms with Gasteiger partial charge in [-0.3, -0.25) is 19.4 Å². The van der Waals surface area contributed by atoms with Gasteiger partial charge in [0, 0.05) is 38.3 Å². The van der Waals surface area contributed by atoms with Gasteiger partial charge in [0.15, 0.2) is 23.7 Å². The van der Waals surface area contributed by atoms with Gasteiger partial charge in [0.05, 0.1) is 17.8 Å². The van der Waals surface area contributed by atoms with E-state index in [0.29, 0.717) is 11.3 Å². The highest BCUT2D eigenvalue weighted by atomic mass is 32.2. The van der Waals surface area contributed by atoms with E-state index in [-0.39, 0.29) is 5.75 Å². The fraction of sp³-hybridized carbons (Fsp3) is 0.375. The molecule has 1 aromatic heterocycles. The molecule has 0 spiro atoms. The molecule has 9 nitrogen and oxygen atoms in total. The lowest BCUT2D eigenvalue weighted by Crippen LogP contribution is -2.55. The van der Waals surface area contributed by atoms with E-state index in [2.05, 4.69) is 11.1 Å². The van der Waals surface area contributed by atoms with Crippen LogP contribution in [0.5, 0.6) is 5.75 Å². The van der Waals surface area contributed by atoms with Crippen molar-refractivity contribution in [2.75, 3.05) is 5.75 Å². The van der Waals surface area contributed by atoms with Crippen molar-refractivity contribution in [2.45, 2.75) is 51.4 Å². The summed E-state index contributed by atoms with van der Waals surface area (Å²) < 4.78 is 22.3. The maximum Gasteiger partial charge on any atom is 0.303 e. The number of hydrogen-bond acceptors (Lipinski definition) is 10. The maximum atomic E-state index is 11.8. The van der Waals surface area contributed by atoms with E-state index in [1.54, 1.807) is 18.3 Å². The zero-order valence-corrected chi connectivity index (χ0v) is 20.0. The SMILES string of the molecule is CC(=O)O[C@@H]1[C@@H](OC(C)=O)[C@@H](Oc2cncc(-c3ccc(C#N)c(C)c3)c2)SC[C@H]1OC(C)=O. The molecule has 0 bridgehead atoms. The van der Waals surface area contributed by atoms with Crippen molar-refractivity contribution in [3.63, 3.8) is 0 Å². The van der Waals surface area contributed by atoms with E-state index in [1.807, 2.05) is 19.1 Å². The van der Waals surface area contributed by atoms with Gasteiger partial charge in [-0.25, -0.2) is 0 Å². The van der Waals surface area contributed by atoms with Crippen LogP contribution in [0.15, 0.2) is 36.7 Å². The molecule has 34 heavy (non-hydrogen) atoms. The number of pyridine rings is 1. The van der Waals surface area contributed by atoms with Crippen LogP contribution in [-0.4, -0.2) is 52.4 Å². The van der Waals surface area contributed by atoms with Gasteiger partial charge in [-0.15, -0.1) is 11.8 Å². The number of hydrogen-bond donors (Lipinski definition) is 0. The molecule has 10 heteroatoms. The largest absolute Gasteiger partial charge is 0.474 e. The number of benzene rings is 1. The smallest absolute Gasteiger partial charge is 0.303 e. The van der Waals surface area contributed by atoms with E-state index < -0.39 is 41.7 Å². The second-order valence-electron chi connectivity index (χ2n) is 7.67. The molecule has 0 radical (unpaired) electrons. The highest BCUT2D eigenvalue weighted by Crippen LogP contribution is 2.35. The molecule has 0 unspecified atom stereocenters. The van der Waals surface area contributed by atoms with Crippen molar-refractivity contribution < 1.29 is 33.3 Å². The summed E-state index contributed by atoms with van der Waals surface area (Å²) in [7, 11) is 0. The first-order chi connectivity index (χ1) is 16.2. The summed E-state index contributed by atoms with van der Waals surface area (Å²) in [5, 5.41) is 9.16. The summed E-state index contributed by atoms with van der Waals surface area (Å²) in [5.41, 5.74) is 2.30. The Morgan fingerprint density at radius 2 is 1.65 bits per heavy atom. The fourth-order valence-electron chi connectivity index (χ4n) is 3.55. The Hall–Kier alpha value is -3.58. The van der Waals surface area contributed by atoms with Gasteiger partial charge in [-0.1, -0.05) is 12.1 Å². The Balaban J connectivity index is 1.88. The van der Waals surface area contributed by atoms with Crippen LogP contribution >= 0.6 is 11.8 Å². The van der Waals surface area contributed by atoms with Crippen molar-refractivity contribution >= 4 is 29.7 Å². The summed E-state index contributed by atoms with van der Waals surface area (Å²) >= 11 is 1.27. The zero-order valence-electron chi connectivity index (χ0n) is 19.1. The predicted octanol–water partition coefficient (Wildman–Crippen LogP) is 3.18. The van der Waals surface area contributed by atoms with Crippen LogP contribution < -0.4 is 4.74 Å². The Morgan fingerprint density at radius 3 is 2.26 bits per heavy atom. The van der Waals surface area contributed by atoms with Crippen LogP contribution in [0.3, 0.4) is 0 Å². The van der Waals surface area contributed by atoms with E-state index in [9.17, 15) is 14.4 Å². The summed E-state index contributed by atoms with van der Waals surface area (Å²) in [6, 6.07) is 9.37. The van der Waals surface area contributed by atoms with Crippen LogP contribution in [0, 0.1) is 18.3 Å². The minimum Gasteiger partial charge on any atom is -0.474 e. The van der Waals surface area contributed by atoms with Crippen LogP contribution in [0.4, 0.5) is 0 Å². The molecule has 0 aliphatic carbocycles. The zero-order chi connectivity index (χ0) is 24.8. The monoisotopic (exact) mass is 484 g/mol. The third-order valence-corrected chi connectivity index (χ3v) is 6.16. The predicted molar refractivity (Wildman–Crippen MR) is 123 cm³/mol. The van der Waals surface area contributed by atoms with Crippen molar-refractivity contribution in [1.82, 2.24) is 4.98 Å². The van der Waals surface area contributed by atoms with Gasteiger partial charge in [-0.05, 0) is 30.2 Å². The number of carbonyl (C=O) groups excluding carboxylic acids is 3. The summed E-state index contributed by atoms with van der Waals surface area (Å²) in [5.74, 6) is -1.08. The standard InChI is InChI=1S/C24H24N2O7S/c1-13-7-17(5-6-18(13)9-25)19-8-20(11-26-10-19)33-24-23(32-16(4)29)22(31-15(3)28)21(12-34-24)30-14(2)27/h5-8,10-11,21-24H,12H2,1-4H3/t21-,22+,23-,24+/m1/s1. The van der Waals surface area contributed by atoms with Crippen molar-refractivity contribution in [1.29, 1.82) is 5.26 Å². The second-order valence-corrected chi connectivity index (χ2v) is 8.80. The van der Waals surface area contributed by atoms with Crippen molar-refractivity contribution in [3.05, 3.63) is 47.8 Å². The maximum absolute atomic E-state index is 11.8. The van der Waals surface area contributed by atoms with Crippen molar-refractivity contribution in [2.24, 2.45) is 0 Å². The van der Waals surface area contributed by atoms with E-state index in [0.717, 1.165) is 16.7 Å². The number of esters is 3. The van der Waals surface area contributed by atoms with E-state index >= 15 is 0 Å². The molecule has 1 aliphatic rings. The lowest BCUT2D eigenvalue weighted by atomic mass is 10.0. The molecular formula is C24H24N2O7S. The van der Waals surface area contributed by atoms with Gasteiger partial charge in [0.25, 0.3) is 0 Å². The Morgan fingerprint density at radius 1 is 0.971 bits per heavy atom. The summed E-state index contributed by atoms with van der Waals surface area (Å²) in [6.07, 6.45) is 0.328. The fourth-order valence-corrected chi connectivity index (χ4v) is 4.77. The Labute approximate surface area is 201 Å². The number of ether oxygens (including phenoxy) is 4. The molecule has 4 atom stereocenters. The molecule has 0 saturated carbocycles. The lowest BCUT2D eigenvalue weighted by Gasteiger charge is -2.39. The van der Waals surface area contributed by atoms with E-state index in [1.165, 1.54) is 38.7 Å². The summed E-state index contributed by atoms with van der Waals surface area (Å²) in [6.45, 7) is 5.56. The topological polar surface area (TPSA) is 125 Å². The number of nitriles is 1. The van der Waals surface area contributed by atoms with Gasteiger partial charge >= 0.3 is 17.9 Å². The number of rotatable bonds is 6. The van der Waals surface area contributed by atoms with Crippen LogP contribution in [0.25, 0.3) is 11.1 Å². The van der Waals surface area contributed by atoms with Crippen LogP contribution in [0.2, 0.25) is 0 Å². The average Bonchev–Trinajstić information content (AvgIpc) is 2.77. The number of aromatic nitrogens is 1. The second kappa shape index (κ2) is 11.0. The van der Waals surface area contributed by atoms with Gasteiger partial charge in [0.1, 0.15) is 5.75 Å². The van der Waals surface area contributed by atoms with Gasteiger partial charge < -0.3 is 18.9 Å². The molecule has 2 heterocycles. The molecule has 178 valence electrons. The molecule has 0 N–H and O–H groups in total. The van der Waals surface area contributed by atoms with Gasteiger partial charge in [-0.2, -0.15) is 5.26 Å². The third-order valence-electron chi connectivity index (χ3n) is 4.95. The van der Waals surface area contributed by atoms with Crippen LogP contribution in [0.1, 0.15) is 31.9 Å². The lowest BCUT2D eigenvalue weighted by molar-refractivity contribution is -0.186. The minimum absolute atomic E-state index is 0.266. The van der Waals surface area contributed by atoms with Crippen molar-refractivity contribution in [3.8, 4) is 22.9 Å². The van der Waals surface area contributed by atoms with Gasteiger partial charge in [0.2, 0.25) is 0 Å². The first-order valence-electron chi connectivity index (χ1n) is 10.4. The number of thioether (sulfide) groups is 1. The highest BCUT2D eigenvalue weighted by Gasteiger charge is 2.47. The molecule has 2 aromatic rings. The van der Waals surface area contributed by atoms with Crippen LogP contribution in [-0.2, 0) is 28.6 Å². The molecule has 3 rings (SSSR count). The number of carbonyl (C=O) groups is 3. The minimum atomic E-state index is -1.03.